The summed E-state index contributed by atoms with van der Waals surface area (Å²) in [6.07, 6.45) is 0. The van der Waals surface area contributed by atoms with E-state index >= 15 is 0 Å². The molecule has 1 amide bonds. The molecular formula is C11H16N2O. The quantitative estimate of drug-likeness (QED) is 0.767. The molecule has 76 valence electrons. The minimum atomic E-state index is -0.0371. The number of para-hydroxylation sites is 1. The number of carbonyl (C=O) groups excluding carboxylic acids is 1. The highest BCUT2D eigenvalue weighted by atomic mass is 16.1. The molecule has 0 spiro atoms. The summed E-state index contributed by atoms with van der Waals surface area (Å²) < 4.78 is 0. The third-order valence-electron chi connectivity index (χ3n) is 1.86. The van der Waals surface area contributed by atoms with Gasteiger partial charge in [0.1, 0.15) is 0 Å². The lowest BCUT2D eigenvalue weighted by Crippen LogP contribution is -2.30. The summed E-state index contributed by atoms with van der Waals surface area (Å²) in [7, 11) is 1.81. The molecule has 0 aliphatic carbocycles. The van der Waals surface area contributed by atoms with Crippen LogP contribution >= 0.6 is 0 Å². The van der Waals surface area contributed by atoms with Crippen LogP contribution in [0.25, 0.3) is 0 Å². The van der Waals surface area contributed by atoms with Crippen LogP contribution in [0.3, 0.4) is 0 Å². The number of nitrogens with one attached hydrogen (secondary N) is 2. The van der Waals surface area contributed by atoms with E-state index in [1.54, 1.807) is 0 Å². The van der Waals surface area contributed by atoms with E-state index in [1.807, 2.05) is 45.2 Å². The second-order valence-corrected chi connectivity index (χ2v) is 3.42. The Morgan fingerprint density at radius 3 is 2.50 bits per heavy atom. The van der Waals surface area contributed by atoms with Gasteiger partial charge < -0.3 is 10.6 Å². The van der Waals surface area contributed by atoms with E-state index in [2.05, 4.69) is 10.6 Å². The van der Waals surface area contributed by atoms with Crippen molar-refractivity contribution in [1.82, 2.24) is 5.32 Å². The van der Waals surface area contributed by atoms with E-state index in [0.717, 1.165) is 5.69 Å². The summed E-state index contributed by atoms with van der Waals surface area (Å²) in [5.74, 6) is -0.0371. The van der Waals surface area contributed by atoms with Gasteiger partial charge in [0.25, 0.3) is 5.91 Å². The molecule has 0 saturated carbocycles. The molecule has 3 nitrogen and oxygen atoms in total. The van der Waals surface area contributed by atoms with Gasteiger partial charge in [-0.2, -0.15) is 0 Å². The van der Waals surface area contributed by atoms with Crippen LogP contribution in [0.2, 0.25) is 0 Å². The number of anilines is 1. The molecule has 0 radical (unpaired) electrons. The zero-order chi connectivity index (χ0) is 10.6. The van der Waals surface area contributed by atoms with Crippen molar-refractivity contribution in [2.45, 2.75) is 19.9 Å². The monoisotopic (exact) mass is 192 g/mol. The Kier molecular flexibility index (Phi) is 3.51. The molecule has 1 rings (SSSR count). The van der Waals surface area contributed by atoms with E-state index in [1.165, 1.54) is 0 Å². The predicted molar refractivity (Wildman–Crippen MR) is 58.6 cm³/mol. The Morgan fingerprint density at radius 1 is 1.29 bits per heavy atom. The van der Waals surface area contributed by atoms with Gasteiger partial charge in [-0.3, -0.25) is 4.79 Å². The highest BCUT2D eigenvalue weighted by Gasteiger charge is 2.09. The molecule has 0 saturated heterocycles. The van der Waals surface area contributed by atoms with Crippen LogP contribution in [0.5, 0.6) is 0 Å². The summed E-state index contributed by atoms with van der Waals surface area (Å²) in [4.78, 5) is 11.7. The Morgan fingerprint density at radius 2 is 1.93 bits per heavy atom. The average Bonchev–Trinajstić information content (AvgIpc) is 2.16. The van der Waals surface area contributed by atoms with Crippen molar-refractivity contribution in [3.8, 4) is 0 Å². The first kappa shape index (κ1) is 10.6. The average molecular weight is 192 g/mol. The van der Waals surface area contributed by atoms with Crippen molar-refractivity contribution < 1.29 is 4.79 Å². The van der Waals surface area contributed by atoms with E-state index in [-0.39, 0.29) is 11.9 Å². The Bertz CT molecular complexity index is 321. The summed E-state index contributed by atoms with van der Waals surface area (Å²) in [6, 6.07) is 7.61. The molecule has 2 N–H and O–H groups in total. The summed E-state index contributed by atoms with van der Waals surface area (Å²) >= 11 is 0. The SMILES string of the molecule is CNc1ccccc1C(=O)NC(C)C. The molecule has 0 atom stereocenters. The third kappa shape index (κ3) is 2.49. The van der Waals surface area contributed by atoms with Gasteiger partial charge in [-0.05, 0) is 26.0 Å². The molecule has 1 aromatic rings. The van der Waals surface area contributed by atoms with Gasteiger partial charge in [0.05, 0.1) is 5.56 Å². The molecule has 14 heavy (non-hydrogen) atoms. The van der Waals surface area contributed by atoms with Crippen LogP contribution in [0.4, 0.5) is 5.69 Å². The number of hydrogen-bond donors (Lipinski definition) is 2. The van der Waals surface area contributed by atoms with Gasteiger partial charge in [-0.15, -0.1) is 0 Å². The normalized spacial score (nSPS) is 10.0. The van der Waals surface area contributed by atoms with E-state index in [0.29, 0.717) is 5.56 Å². The minimum absolute atomic E-state index is 0.0371. The van der Waals surface area contributed by atoms with Gasteiger partial charge in [-0.1, -0.05) is 12.1 Å². The molecule has 0 unspecified atom stereocenters. The van der Waals surface area contributed by atoms with Crippen molar-refractivity contribution in [3.63, 3.8) is 0 Å². The highest BCUT2D eigenvalue weighted by Crippen LogP contribution is 2.13. The molecule has 0 fully saturated rings. The van der Waals surface area contributed by atoms with Gasteiger partial charge in [-0.25, -0.2) is 0 Å². The largest absolute Gasteiger partial charge is 0.387 e. The number of hydrogen-bond acceptors (Lipinski definition) is 2. The zero-order valence-electron chi connectivity index (χ0n) is 8.79. The smallest absolute Gasteiger partial charge is 0.253 e. The first-order valence-electron chi connectivity index (χ1n) is 4.72. The van der Waals surface area contributed by atoms with Crippen LogP contribution < -0.4 is 10.6 Å². The zero-order valence-corrected chi connectivity index (χ0v) is 8.79. The lowest BCUT2D eigenvalue weighted by molar-refractivity contribution is 0.0944. The summed E-state index contributed by atoms with van der Waals surface area (Å²) in [5, 5.41) is 5.84. The maximum atomic E-state index is 11.7. The maximum Gasteiger partial charge on any atom is 0.253 e. The number of carbonyl (C=O) groups is 1. The molecule has 0 aliphatic rings. The van der Waals surface area contributed by atoms with E-state index in [4.69, 9.17) is 0 Å². The molecule has 0 heterocycles. The van der Waals surface area contributed by atoms with Crippen LogP contribution in [0, 0.1) is 0 Å². The lowest BCUT2D eigenvalue weighted by Gasteiger charge is -2.11. The van der Waals surface area contributed by atoms with Gasteiger partial charge >= 0.3 is 0 Å². The molecule has 0 aromatic heterocycles. The minimum Gasteiger partial charge on any atom is -0.387 e. The topological polar surface area (TPSA) is 41.1 Å². The fraction of sp³-hybridized carbons (Fsp3) is 0.364. The van der Waals surface area contributed by atoms with Crippen molar-refractivity contribution >= 4 is 11.6 Å². The molecule has 0 bridgehead atoms. The first-order valence-corrected chi connectivity index (χ1v) is 4.72. The molecule has 0 aliphatic heterocycles. The molecule has 3 heteroatoms. The first-order chi connectivity index (χ1) is 6.65. The third-order valence-corrected chi connectivity index (χ3v) is 1.86. The Balaban J connectivity index is 2.88. The van der Waals surface area contributed by atoms with E-state index < -0.39 is 0 Å². The van der Waals surface area contributed by atoms with Gasteiger partial charge in [0.2, 0.25) is 0 Å². The van der Waals surface area contributed by atoms with Gasteiger partial charge in [0, 0.05) is 18.8 Å². The molecule has 1 aromatic carbocycles. The second-order valence-electron chi connectivity index (χ2n) is 3.42. The Labute approximate surface area is 84.5 Å². The van der Waals surface area contributed by atoms with Crippen LogP contribution in [0.1, 0.15) is 24.2 Å². The second kappa shape index (κ2) is 4.65. The van der Waals surface area contributed by atoms with Crippen LogP contribution in [-0.4, -0.2) is 19.0 Å². The summed E-state index contributed by atoms with van der Waals surface area (Å²) in [6.45, 7) is 3.89. The maximum absolute atomic E-state index is 11.7. The van der Waals surface area contributed by atoms with Crippen molar-refractivity contribution in [2.75, 3.05) is 12.4 Å². The van der Waals surface area contributed by atoms with Crippen molar-refractivity contribution in [1.29, 1.82) is 0 Å². The molecular weight excluding hydrogens is 176 g/mol. The van der Waals surface area contributed by atoms with Crippen molar-refractivity contribution in [2.24, 2.45) is 0 Å². The summed E-state index contributed by atoms with van der Waals surface area (Å²) in [5.41, 5.74) is 1.54. The predicted octanol–water partition coefficient (Wildman–Crippen LogP) is 1.87. The van der Waals surface area contributed by atoms with Crippen LogP contribution in [-0.2, 0) is 0 Å². The number of benzene rings is 1. The highest BCUT2D eigenvalue weighted by molar-refractivity contribution is 5.99. The standard InChI is InChI=1S/C11H16N2O/c1-8(2)13-11(14)9-6-4-5-7-10(9)12-3/h4-8,12H,1-3H3,(H,13,14). The van der Waals surface area contributed by atoms with Crippen LogP contribution in [0.15, 0.2) is 24.3 Å². The lowest BCUT2D eigenvalue weighted by atomic mass is 10.1. The Hall–Kier alpha value is -1.51. The fourth-order valence-electron chi connectivity index (χ4n) is 1.24. The number of amides is 1. The van der Waals surface area contributed by atoms with E-state index in [9.17, 15) is 4.79 Å². The van der Waals surface area contributed by atoms with Gasteiger partial charge in [0.15, 0.2) is 0 Å². The fourth-order valence-corrected chi connectivity index (χ4v) is 1.24. The van der Waals surface area contributed by atoms with Crippen molar-refractivity contribution in [3.05, 3.63) is 29.8 Å². The number of rotatable bonds is 3.